The van der Waals surface area contributed by atoms with Crippen molar-refractivity contribution in [3.8, 4) is 0 Å². The summed E-state index contributed by atoms with van der Waals surface area (Å²) in [5.41, 5.74) is 6.92. The molecule has 0 radical (unpaired) electrons. The minimum atomic E-state index is -0.168. The van der Waals surface area contributed by atoms with Crippen molar-refractivity contribution in [3.63, 3.8) is 0 Å². The standard InChI is InChI=1S/C16H20FN3S/c1-2-19-13(10-12-6-5-9-20-16(12)18)11-21-15-8-4-3-7-14(15)17/h3-9,13,19H,2,10-11H2,1H3,(H2,18,20). The Bertz CT molecular complexity index is 577. The Kier molecular flexibility index (Phi) is 6.02. The van der Waals surface area contributed by atoms with Gasteiger partial charge in [0.1, 0.15) is 11.6 Å². The van der Waals surface area contributed by atoms with Crippen molar-refractivity contribution < 1.29 is 4.39 Å². The number of aromatic nitrogens is 1. The molecule has 0 aliphatic heterocycles. The normalized spacial score (nSPS) is 12.3. The van der Waals surface area contributed by atoms with Gasteiger partial charge in [-0.05, 0) is 36.7 Å². The van der Waals surface area contributed by atoms with Gasteiger partial charge in [-0.2, -0.15) is 0 Å². The first-order valence-electron chi connectivity index (χ1n) is 7.00. The minimum Gasteiger partial charge on any atom is -0.383 e. The van der Waals surface area contributed by atoms with Crippen LogP contribution in [0.1, 0.15) is 12.5 Å². The zero-order chi connectivity index (χ0) is 15.1. The van der Waals surface area contributed by atoms with Gasteiger partial charge in [-0.25, -0.2) is 9.37 Å². The van der Waals surface area contributed by atoms with Crippen LogP contribution in [0.4, 0.5) is 10.2 Å². The van der Waals surface area contributed by atoms with Crippen molar-refractivity contribution >= 4 is 17.6 Å². The highest BCUT2D eigenvalue weighted by atomic mass is 32.2. The van der Waals surface area contributed by atoms with Gasteiger partial charge in [-0.1, -0.05) is 25.1 Å². The van der Waals surface area contributed by atoms with Gasteiger partial charge in [0.25, 0.3) is 0 Å². The van der Waals surface area contributed by atoms with Gasteiger partial charge in [0.05, 0.1) is 0 Å². The van der Waals surface area contributed by atoms with E-state index in [9.17, 15) is 4.39 Å². The number of likely N-dealkylation sites (N-methyl/N-ethyl adjacent to an activating group) is 1. The van der Waals surface area contributed by atoms with Gasteiger partial charge in [0.2, 0.25) is 0 Å². The highest BCUT2D eigenvalue weighted by molar-refractivity contribution is 7.99. The van der Waals surface area contributed by atoms with E-state index in [1.807, 2.05) is 18.2 Å². The molecular formula is C16H20FN3S. The number of nitrogens with one attached hydrogen (secondary N) is 1. The highest BCUT2D eigenvalue weighted by Gasteiger charge is 2.12. The summed E-state index contributed by atoms with van der Waals surface area (Å²) >= 11 is 1.52. The smallest absolute Gasteiger partial charge is 0.136 e. The Labute approximate surface area is 129 Å². The lowest BCUT2D eigenvalue weighted by molar-refractivity contribution is 0.571. The molecule has 2 aromatic rings. The van der Waals surface area contributed by atoms with Crippen LogP contribution in [0.2, 0.25) is 0 Å². The van der Waals surface area contributed by atoms with Crippen LogP contribution in [-0.4, -0.2) is 23.3 Å². The lowest BCUT2D eigenvalue weighted by Crippen LogP contribution is -2.33. The SMILES string of the molecule is CCNC(CSc1ccccc1F)Cc1cccnc1N. The molecule has 0 bridgehead atoms. The number of rotatable bonds is 7. The maximum atomic E-state index is 13.6. The van der Waals surface area contributed by atoms with Crippen molar-refractivity contribution in [1.29, 1.82) is 0 Å². The first kappa shape index (κ1) is 15.8. The molecule has 1 atom stereocenters. The molecule has 1 aromatic heterocycles. The van der Waals surface area contributed by atoms with E-state index in [4.69, 9.17) is 5.73 Å². The van der Waals surface area contributed by atoms with Crippen LogP contribution in [0.3, 0.4) is 0 Å². The Morgan fingerprint density at radius 1 is 1.29 bits per heavy atom. The molecular weight excluding hydrogens is 285 g/mol. The fraction of sp³-hybridized carbons (Fsp3) is 0.312. The van der Waals surface area contributed by atoms with Crippen molar-refractivity contribution in [3.05, 3.63) is 54.0 Å². The number of nitrogens with zero attached hydrogens (tertiary/aromatic N) is 1. The van der Waals surface area contributed by atoms with E-state index >= 15 is 0 Å². The Hall–Kier alpha value is -1.59. The van der Waals surface area contributed by atoms with Gasteiger partial charge >= 0.3 is 0 Å². The van der Waals surface area contributed by atoms with Gasteiger partial charge in [0, 0.05) is 22.9 Å². The molecule has 1 unspecified atom stereocenters. The van der Waals surface area contributed by atoms with E-state index in [-0.39, 0.29) is 11.9 Å². The molecule has 112 valence electrons. The van der Waals surface area contributed by atoms with Crippen LogP contribution in [0, 0.1) is 5.82 Å². The van der Waals surface area contributed by atoms with Crippen LogP contribution in [0.25, 0.3) is 0 Å². The Morgan fingerprint density at radius 3 is 2.81 bits per heavy atom. The van der Waals surface area contributed by atoms with Crippen LogP contribution < -0.4 is 11.1 Å². The van der Waals surface area contributed by atoms with Crippen molar-refractivity contribution in [1.82, 2.24) is 10.3 Å². The molecule has 0 spiro atoms. The molecule has 0 amide bonds. The molecule has 1 heterocycles. The average Bonchev–Trinajstić information content (AvgIpc) is 2.48. The second-order valence-electron chi connectivity index (χ2n) is 4.75. The number of nitrogens with two attached hydrogens (primary N) is 1. The van der Waals surface area contributed by atoms with Crippen LogP contribution in [0.15, 0.2) is 47.5 Å². The molecule has 5 heteroatoms. The second-order valence-corrected chi connectivity index (χ2v) is 5.81. The van der Waals surface area contributed by atoms with Crippen molar-refractivity contribution in [2.45, 2.75) is 24.3 Å². The van der Waals surface area contributed by atoms with Crippen LogP contribution >= 0.6 is 11.8 Å². The van der Waals surface area contributed by atoms with Crippen molar-refractivity contribution in [2.75, 3.05) is 18.0 Å². The second kappa shape index (κ2) is 8.00. The molecule has 0 saturated carbocycles. The molecule has 0 fully saturated rings. The lowest BCUT2D eigenvalue weighted by Gasteiger charge is -2.18. The van der Waals surface area contributed by atoms with E-state index in [0.717, 1.165) is 24.3 Å². The molecule has 0 aliphatic rings. The first-order valence-corrected chi connectivity index (χ1v) is 7.99. The number of nitrogen functional groups attached to an aromatic ring is 1. The largest absolute Gasteiger partial charge is 0.383 e. The molecule has 0 saturated heterocycles. The van der Waals surface area contributed by atoms with E-state index in [1.165, 1.54) is 17.8 Å². The van der Waals surface area contributed by atoms with E-state index < -0.39 is 0 Å². The third-order valence-corrected chi connectivity index (χ3v) is 4.37. The topological polar surface area (TPSA) is 50.9 Å². The molecule has 3 nitrogen and oxygen atoms in total. The predicted molar refractivity (Wildman–Crippen MR) is 86.9 cm³/mol. The van der Waals surface area contributed by atoms with E-state index in [2.05, 4.69) is 17.2 Å². The lowest BCUT2D eigenvalue weighted by atomic mass is 10.1. The number of anilines is 1. The summed E-state index contributed by atoms with van der Waals surface area (Å²) in [7, 11) is 0. The maximum absolute atomic E-state index is 13.6. The van der Waals surface area contributed by atoms with Crippen LogP contribution in [0.5, 0.6) is 0 Å². The molecule has 2 rings (SSSR count). The summed E-state index contributed by atoms with van der Waals surface area (Å²) in [6, 6.07) is 11.0. The fourth-order valence-corrected chi connectivity index (χ4v) is 3.12. The number of hydrogen-bond donors (Lipinski definition) is 2. The third kappa shape index (κ3) is 4.72. The summed E-state index contributed by atoms with van der Waals surface area (Å²) in [5, 5.41) is 3.42. The van der Waals surface area contributed by atoms with Gasteiger partial charge in [-0.15, -0.1) is 11.8 Å². The van der Waals surface area contributed by atoms with Gasteiger partial charge < -0.3 is 11.1 Å². The number of hydrogen-bond acceptors (Lipinski definition) is 4. The Balaban J connectivity index is 1.99. The maximum Gasteiger partial charge on any atom is 0.136 e. The van der Waals surface area contributed by atoms with Crippen molar-refractivity contribution in [2.24, 2.45) is 0 Å². The summed E-state index contributed by atoms with van der Waals surface area (Å²) in [4.78, 5) is 4.79. The highest BCUT2D eigenvalue weighted by Crippen LogP contribution is 2.23. The number of thioether (sulfide) groups is 1. The minimum absolute atomic E-state index is 0.168. The summed E-state index contributed by atoms with van der Waals surface area (Å²) in [6.07, 6.45) is 2.48. The quantitative estimate of drug-likeness (QED) is 0.772. The van der Waals surface area contributed by atoms with E-state index in [1.54, 1.807) is 18.3 Å². The molecule has 0 aliphatic carbocycles. The summed E-state index contributed by atoms with van der Waals surface area (Å²) < 4.78 is 13.6. The summed E-state index contributed by atoms with van der Waals surface area (Å²) in [5.74, 6) is 1.18. The van der Waals surface area contributed by atoms with Gasteiger partial charge in [-0.3, -0.25) is 0 Å². The number of halogens is 1. The fourth-order valence-electron chi connectivity index (χ4n) is 2.12. The average molecular weight is 305 g/mol. The predicted octanol–water partition coefficient (Wildman–Crippen LogP) is 3.12. The van der Waals surface area contributed by atoms with E-state index in [0.29, 0.717) is 10.7 Å². The molecule has 1 aromatic carbocycles. The molecule has 3 N–H and O–H groups in total. The zero-order valence-corrected chi connectivity index (χ0v) is 12.9. The number of benzene rings is 1. The molecule has 21 heavy (non-hydrogen) atoms. The monoisotopic (exact) mass is 305 g/mol. The number of pyridine rings is 1. The third-order valence-electron chi connectivity index (χ3n) is 3.16. The first-order chi connectivity index (χ1) is 10.2. The zero-order valence-electron chi connectivity index (χ0n) is 12.1. The van der Waals surface area contributed by atoms with Crippen LogP contribution in [-0.2, 0) is 6.42 Å². The van der Waals surface area contributed by atoms with Gasteiger partial charge in [0.15, 0.2) is 0 Å². The summed E-state index contributed by atoms with van der Waals surface area (Å²) in [6.45, 7) is 2.93. The Morgan fingerprint density at radius 2 is 2.10 bits per heavy atom.